The number of nitrogens with zero attached hydrogens (tertiary/aromatic N) is 5. The van der Waals surface area contributed by atoms with E-state index in [-0.39, 0.29) is 72.7 Å². The zero-order valence-corrected chi connectivity index (χ0v) is 20.7. The third kappa shape index (κ3) is 4.45. The first-order valence-corrected chi connectivity index (χ1v) is 10.1. The second kappa shape index (κ2) is 8.88. The van der Waals surface area contributed by atoms with Gasteiger partial charge in [-0.3, -0.25) is 0 Å². The van der Waals surface area contributed by atoms with Gasteiger partial charge >= 0.3 is 51.4 Å². The molecule has 29 heavy (non-hydrogen) atoms. The fourth-order valence-corrected chi connectivity index (χ4v) is 4.28. The molecule has 0 bridgehead atoms. The molecule has 2 aromatic heterocycles. The van der Waals surface area contributed by atoms with Gasteiger partial charge in [-0.2, -0.15) is 0 Å². The third-order valence-corrected chi connectivity index (χ3v) is 5.76. The minimum Gasteiger partial charge on any atom is -0.571 e. The molecule has 4 rings (SSSR count). The van der Waals surface area contributed by atoms with Crippen LogP contribution in [0.25, 0.3) is 16.1 Å². The number of rotatable bonds is 4. The van der Waals surface area contributed by atoms with Gasteiger partial charge < -0.3 is 18.8 Å². The molecule has 0 amide bonds. The first kappa shape index (κ1) is 22.5. The Morgan fingerprint density at radius 3 is 2.83 bits per heavy atom. The van der Waals surface area contributed by atoms with E-state index in [2.05, 4.69) is 19.9 Å². The summed E-state index contributed by atoms with van der Waals surface area (Å²) in [6.07, 6.45) is 1.33. The Balaban J connectivity index is 0.00000240. The molecule has 0 aliphatic carbocycles. The minimum absolute atomic E-state index is 0. The maximum atomic E-state index is 12.8. The van der Waals surface area contributed by atoms with Crippen molar-refractivity contribution in [1.82, 2.24) is 19.7 Å². The Morgan fingerprint density at radius 1 is 1.28 bits per heavy atom. The predicted octanol–water partition coefficient (Wildman–Crippen LogP) is 0.101. The van der Waals surface area contributed by atoms with Gasteiger partial charge in [0.1, 0.15) is 28.2 Å². The Kier molecular flexibility index (Phi) is 6.88. The van der Waals surface area contributed by atoms with E-state index in [0.717, 1.165) is 5.82 Å². The molecule has 0 spiro atoms. The van der Waals surface area contributed by atoms with E-state index in [9.17, 15) is 8.42 Å². The number of benzene rings is 1. The van der Waals surface area contributed by atoms with Crippen molar-refractivity contribution in [3.8, 4) is 23.0 Å². The maximum Gasteiger partial charge on any atom is 1.00 e. The van der Waals surface area contributed by atoms with Crippen LogP contribution in [-0.4, -0.2) is 41.9 Å². The zero-order chi connectivity index (χ0) is 19.9. The predicted molar refractivity (Wildman–Crippen MR) is 102 cm³/mol. The van der Waals surface area contributed by atoms with Gasteiger partial charge in [-0.1, -0.05) is 17.7 Å². The number of sulfonamides is 1. The van der Waals surface area contributed by atoms with Crippen LogP contribution >= 0.6 is 11.6 Å². The molecule has 0 unspecified atom stereocenters. The van der Waals surface area contributed by atoms with Crippen LogP contribution in [0.2, 0.25) is 5.02 Å². The first-order chi connectivity index (χ1) is 13.4. The summed E-state index contributed by atoms with van der Waals surface area (Å²) in [7, 11) is -2.72. The number of ether oxygens (including phenoxy) is 2. The standard InChI is InChI=1S/C17H15ClN5O4S.K/c1-10-20-21-16-13-8-12(9-19-17(13)27-6-5-23(10)16)22-28(24,25)15-7-11(18)3-4-14(15)26-2;/h3-4,7-9H,5-6H2,1-2H3;/q-1;+1. The number of halogens is 1. The summed E-state index contributed by atoms with van der Waals surface area (Å²) in [5.41, 5.74) is 0.645. The molecule has 12 heteroatoms. The summed E-state index contributed by atoms with van der Waals surface area (Å²) in [4.78, 5) is 4.07. The van der Waals surface area contributed by atoms with E-state index < -0.39 is 10.0 Å². The molecule has 1 aliphatic heterocycles. The van der Waals surface area contributed by atoms with Gasteiger partial charge in [0.2, 0.25) is 5.88 Å². The minimum atomic E-state index is -4.09. The molecule has 0 saturated heterocycles. The molecule has 3 aromatic rings. The second-order valence-corrected chi connectivity index (χ2v) is 7.99. The Morgan fingerprint density at radius 2 is 2.07 bits per heavy atom. The summed E-state index contributed by atoms with van der Waals surface area (Å²) in [5, 5.41) is 8.49. The van der Waals surface area contributed by atoms with Crippen molar-refractivity contribution in [3.05, 3.63) is 46.0 Å². The summed E-state index contributed by atoms with van der Waals surface area (Å²) in [6, 6.07) is 5.86. The van der Waals surface area contributed by atoms with Gasteiger partial charge in [-0.25, -0.2) is 13.4 Å². The van der Waals surface area contributed by atoms with Crippen molar-refractivity contribution in [2.75, 3.05) is 13.7 Å². The van der Waals surface area contributed by atoms with Gasteiger partial charge in [0.05, 0.1) is 24.1 Å². The van der Waals surface area contributed by atoms with Gasteiger partial charge in [-0.05, 0) is 25.1 Å². The van der Waals surface area contributed by atoms with Crippen molar-refractivity contribution in [2.45, 2.75) is 18.4 Å². The number of aryl methyl sites for hydroxylation is 1. The van der Waals surface area contributed by atoms with Gasteiger partial charge in [0.25, 0.3) is 0 Å². The van der Waals surface area contributed by atoms with Crippen LogP contribution in [0.15, 0.2) is 35.4 Å². The molecule has 0 radical (unpaired) electrons. The largest absolute Gasteiger partial charge is 1.00 e. The van der Waals surface area contributed by atoms with Crippen LogP contribution in [0.3, 0.4) is 0 Å². The topological polar surface area (TPSA) is 110 Å². The van der Waals surface area contributed by atoms with Crippen molar-refractivity contribution in [2.24, 2.45) is 0 Å². The van der Waals surface area contributed by atoms with Gasteiger partial charge in [0, 0.05) is 11.2 Å². The number of methoxy groups -OCH3 is 1. The summed E-state index contributed by atoms with van der Waals surface area (Å²) < 4.78 is 42.2. The number of hydrogen-bond donors (Lipinski definition) is 0. The summed E-state index contributed by atoms with van der Waals surface area (Å²) in [5.74, 6) is 1.77. The molecule has 0 atom stereocenters. The maximum absolute atomic E-state index is 12.8. The normalized spacial score (nSPS) is 12.7. The molecular formula is C17H15ClKN5O4S. The van der Waals surface area contributed by atoms with Crippen LogP contribution in [0.1, 0.15) is 5.82 Å². The molecule has 0 N–H and O–H groups in total. The molecule has 1 aliphatic rings. The van der Waals surface area contributed by atoms with Crippen LogP contribution in [-0.2, 0) is 16.6 Å². The van der Waals surface area contributed by atoms with Crippen molar-refractivity contribution in [3.63, 3.8) is 0 Å². The van der Waals surface area contributed by atoms with E-state index in [1.165, 1.54) is 31.5 Å². The van der Waals surface area contributed by atoms with Crippen molar-refractivity contribution >= 4 is 27.3 Å². The van der Waals surface area contributed by atoms with Crippen LogP contribution in [0, 0.1) is 6.92 Å². The van der Waals surface area contributed by atoms with E-state index in [0.29, 0.717) is 30.4 Å². The number of fused-ring (bicyclic) bond motifs is 3. The number of aromatic nitrogens is 4. The summed E-state index contributed by atoms with van der Waals surface area (Å²) >= 11 is 5.95. The monoisotopic (exact) mass is 459 g/mol. The molecular weight excluding hydrogens is 445 g/mol. The molecule has 1 aromatic carbocycles. The molecule has 0 fully saturated rings. The molecule has 0 saturated carbocycles. The fraction of sp³-hybridized carbons (Fsp3) is 0.235. The van der Waals surface area contributed by atoms with E-state index in [1.807, 2.05) is 11.5 Å². The number of hydrogen-bond acceptors (Lipinski definition) is 7. The second-order valence-electron chi connectivity index (χ2n) is 5.98. The first-order valence-electron chi connectivity index (χ1n) is 8.23. The third-order valence-electron chi connectivity index (χ3n) is 4.20. The van der Waals surface area contributed by atoms with Gasteiger partial charge in [0.15, 0.2) is 5.82 Å². The molecule has 3 heterocycles. The van der Waals surface area contributed by atoms with Crippen LogP contribution < -0.4 is 60.9 Å². The zero-order valence-electron chi connectivity index (χ0n) is 16.0. The van der Waals surface area contributed by atoms with Gasteiger partial charge in [-0.15, -0.1) is 15.9 Å². The molecule has 146 valence electrons. The van der Waals surface area contributed by atoms with Crippen molar-refractivity contribution < 1.29 is 69.3 Å². The fourth-order valence-electron chi connectivity index (χ4n) is 2.89. The Hall–Kier alpha value is -1.21. The smallest absolute Gasteiger partial charge is 0.571 e. The van der Waals surface area contributed by atoms with Crippen molar-refractivity contribution in [1.29, 1.82) is 0 Å². The van der Waals surface area contributed by atoms with E-state index in [4.69, 9.17) is 21.1 Å². The average Bonchev–Trinajstić information content (AvgIpc) is 2.92. The summed E-state index contributed by atoms with van der Waals surface area (Å²) in [6.45, 7) is 2.80. The average molecular weight is 460 g/mol. The Bertz CT molecular complexity index is 1170. The van der Waals surface area contributed by atoms with E-state index in [1.54, 1.807) is 6.07 Å². The molecule has 9 nitrogen and oxygen atoms in total. The quantitative estimate of drug-likeness (QED) is 0.509. The number of pyridine rings is 1. The Labute approximate surface area is 215 Å². The SMILES string of the molecule is COc1ccc(Cl)cc1S(=O)(=O)[N-]c1cnc2c(c1)-c1nnc(C)n1CCO2.[K+]. The van der Waals surface area contributed by atoms with Crippen LogP contribution in [0.4, 0.5) is 5.69 Å². The van der Waals surface area contributed by atoms with Crippen LogP contribution in [0.5, 0.6) is 11.6 Å². The van der Waals surface area contributed by atoms with E-state index >= 15 is 0 Å².